The Morgan fingerprint density at radius 2 is 2.31 bits per heavy atom. The van der Waals surface area contributed by atoms with Crippen LogP contribution in [0.5, 0.6) is 0 Å². The molecule has 1 aromatic carbocycles. The van der Waals surface area contributed by atoms with Gasteiger partial charge in [-0.05, 0) is 18.2 Å². The van der Waals surface area contributed by atoms with Gasteiger partial charge in [0.25, 0.3) is 0 Å². The van der Waals surface area contributed by atoms with Crippen molar-refractivity contribution in [3.8, 4) is 0 Å². The summed E-state index contributed by atoms with van der Waals surface area (Å²) in [6.45, 7) is -0.289. The molecule has 0 heterocycles. The zero-order valence-corrected chi connectivity index (χ0v) is 7.31. The first-order valence-corrected chi connectivity index (χ1v) is 3.88. The van der Waals surface area contributed by atoms with Crippen LogP contribution < -0.4 is 5.32 Å². The van der Waals surface area contributed by atoms with Crippen molar-refractivity contribution in [3.05, 3.63) is 29.0 Å². The number of carboxylic acids is 1. The molecule has 1 rings (SSSR count). The van der Waals surface area contributed by atoms with Crippen molar-refractivity contribution in [3.63, 3.8) is 0 Å². The Morgan fingerprint density at radius 1 is 1.62 bits per heavy atom. The van der Waals surface area contributed by atoms with Gasteiger partial charge in [0.2, 0.25) is 0 Å². The van der Waals surface area contributed by atoms with Gasteiger partial charge in [0.15, 0.2) is 0 Å². The van der Waals surface area contributed by atoms with E-state index in [1.165, 1.54) is 12.1 Å². The fourth-order valence-corrected chi connectivity index (χ4v) is 0.988. The maximum atomic E-state index is 12.6. The number of aliphatic carboxylic acids is 1. The summed E-state index contributed by atoms with van der Waals surface area (Å²) in [6, 6.07) is 3.71. The smallest absolute Gasteiger partial charge is 0.322 e. The number of nitrogens with one attached hydrogen (secondary N) is 1. The molecule has 1 aromatic rings. The highest BCUT2D eigenvalue weighted by Gasteiger charge is 2.02. The average Bonchev–Trinajstić information content (AvgIpc) is 2.06. The maximum absolute atomic E-state index is 12.6. The summed E-state index contributed by atoms with van der Waals surface area (Å²) in [5.41, 5.74) is 0.282. The number of halogens is 2. The fourth-order valence-electron chi connectivity index (χ4n) is 0.804. The third-order valence-electron chi connectivity index (χ3n) is 1.36. The van der Waals surface area contributed by atoms with Crippen molar-refractivity contribution in [2.45, 2.75) is 0 Å². The van der Waals surface area contributed by atoms with E-state index in [0.29, 0.717) is 5.02 Å². The minimum absolute atomic E-state index is 0.282. The Hall–Kier alpha value is -1.29. The van der Waals surface area contributed by atoms with Crippen molar-refractivity contribution in [1.82, 2.24) is 0 Å². The molecule has 0 aliphatic rings. The Morgan fingerprint density at radius 3 is 2.92 bits per heavy atom. The van der Waals surface area contributed by atoms with Gasteiger partial charge in [-0.25, -0.2) is 4.39 Å². The van der Waals surface area contributed by atoms with Gasteiger partial charge >= 0.3 is 5.97 Å². The number of rotatable bonds is 3. The lowest BCUT2D eigenvalue weighted by Crippen LogP contribution is -2.12. The molecule has 3 nitrogen and oxygen atoms in total. The Labute approximate surface area is 79.1 Å². The highest BCUT2D eigenvalue weighted by atomic mass is 35.5. The van der Waals surface area contributed by atoms with Crippen LogP contribution in [0.15, 0.2) is 18.2 Å². The normalized spacial score (nSPS) is 9.69. The number of anilines is 1. The summed E-state index contributed by atoms with van der Waals surface area (Å²) in [4.78, 5) is 10.2. The van der Waals surface area contributed by atoms with Crippen LogP contribution in [-0.4, -0.2) is 17.6 Å². The molecule has 0 unspecified atom stereocenters. The molecule has 0 saturated carbocycles. The number of hydrogen-bond donors (Lipinski definition) is 2. The Balaban J connectivity index is 2.75. The molecule has 5 heteroatoms. The van der Waals surface area contributed by atoms with Gasteiger partial charge in [-0.1, -0.05) is 11.6 Å². The second-order valence-electron chi connectivity index (χ2n) is 2.37. The second kappa shape index (κ2) is 4.09. The average molecular weight is 204 g/mol. The van der Waals surface area contributed by atoms with Crippen LogP contribution in [0.4, 0.5) is 10.1 Å². The van der Waals surface area contributed by atoms with Crippen molar-refractivity contribution in [2.75, 3.05) is 11.9 Å². The van der Waals surface area contributed by atoms with E-state index in [4.69, 9.17) is 16.7 Å². The first kappa shape index (κ1) is 9.80. The van der Waals surface area contributed by atoms with E-state index in [2.05, 4.69) is 5.32 Å². The summed E-state index contributed by atoms with van der Waals surface area (Å²) in [5, 5.41) is 11.1. The molecule has 0 bridgehead atoms. The van der Waals surface area contributed by atoms with Gasteiger partial charge in [0.05, 0.1) is 10.7 Å². The molecule has 0 aliphatic carbocycles. The molecule has 0 atom stereocenters. The van der Waals surface area contributed by atoms with Gasteiger partial charge in [-0.2, -0.15) is 0 Å². The molecular weight excluding hydrogens is 197 g/mol. The number of hydrogen-bond acceptors (Lipinski definition) is 2. The first-order chi connectivity index (χ1) is 6.09. The molecule has 0 aliphatic heterocycles. The van der Waals surface area contributed by atoms with Crippen LogP contribution in [0.1, 0.15) is 0 Å². The number of benzene rings is 1. The Kier molecular flexibility index (Phi) is 3.08. The summed E-state index contributed by atoms with van der Waals surface area (Å²) in [6.07, 6.45) is 0. The SMILES string of the molecule is O=C(O)CNc1cc(F)ccc1Cl. The minimum atomic E-state index is -1.03. The van der Waals surface area contributed by atoms with Crippen LogP contribution in [0.3, 0.4) is 0 Å². The third kappa shape index (κ3) is 2.91. The predicted molar refractivity (Wildman–Crippen MR) is 47.5 cm³/mol. The van der Waals surface area contributed by atoms with E-state index < -0.39 is 11.8 Å². The molecule has 13 heavy (non-hydrogen) atoms. The van der Waals surface area contributed by atoms with Gasteiger partial charge < -0.3 is 10.4 Å². The highest BCUT2D eigenvalue weighted by molar-refractivity contribution is 6.33. The predicted octanol–water partition coefficient (Wildman–Crippen LogP) is 1.98. The molecule has 0 fully saturated rings. The molecule has 70 valence electrons. The lowest BCUT2D eigenvalue weighted by atomic mass is 10.3. The molecule has 0 amide bonds. The molecule has 0 spiro atoms. The zero-order chi connectivity index (χ0) is 9.84. The molecule has 2 N–H and O–H groups in total. The third-order valence-corrected chi connectivity index (χ3v) is 1.69. The standard InChI is InChI=1S/C8H7ClFNO2/c9-6-2-1-5(10)3-7(6)11-4-8(12)13/h1-3,11H,4H2,(H,12,13). The highest BCUT2D eigenvalue weighted by Crippen LogP contribution is 2.21. The lowest BCUT2D eigenvalue weighted by Gasteiger charge is -2.04. The fraction of sp³-hybridized carbons (Fsp3) is 0.125. The van der Waals surface area contributed by atoms with Crippen LogP contribution in [0, 0.1) is 5.82 Å². The molecule has 0 saturated heterocycles. The van der Waals surface area contributed by atoms with Crippen molar-refractivity contribution in [2.24, 2.45) is 0 Å². The van der Waals surface area contributed by atoms with Gasteiger partial charge in [-0.3, -0.25) is 4.79 Å². The van der Waals surface area contributed by atoms with Gasteiger partial charge in [-0.15, -0.1) is 0 Å². The van der Waals surface area contributed by atoms with E-state index in [-0.39, 0.29) is 12.2 Å². The minimum Gasteiger partial charge on any atom is -0.480 e. The molecule has 0 radical (unpaired) electrons. The van der Waals surface area contributed by atoms with Crippen LogP contribution >= 0.6 is 11.6 Å². The quantitative estimate of drug-likeness (QED) is 0.790. The monoisotopic (exact) mass is 203 g/mol. The first-order valence-electron chi connectivity index (χ1n) is 3.50. The van der Waals surface area contributed by atoms with Crippen LogP contribution in [-0.2, 0) is 4.79 Å². The van der Waals surface area contributed by atoms with E-state index in [1.54, 1.807) is 0 Å². The van der Waals surface area contributed by atoms with Crippen molar-refractivity contribution in [1.29, 1.82) is 0 Å². The molecular formula is C8H7ClFNO2. The van der Waals surface area contributed by atoms with Gasteiger partial charge in [0.1, 0.15) is 12.4 Å². The number of carbonyl (C=O) groups is 1. The Bertz CT molecular complexity index is 330. The summed E-state index contributed by atoms with van der Waals surface area (Å²) < 4.78 is 12.6. The summed E-state index contributed by atoms with van der Waals surface area (Å²) >= 11 is 5.66. The lowest BCUT2D eigenvalue weighted by molar-refractivity contribution is -0.134. The van der Waals surface area contributed by atoms with E-state index in [0.717, 1.165) is 6.07 Å². The van der Waals surface area contributed by atoms with Crippen LogP contribution in [0.25, 0.3) is 0 Å². The van der Waals surface area contributed by atoms with Crippen molar-refractivity contribution >= 4 is 23.3 Å². The maximum Gasteiger partial charge on any atom is 0.322 e. The topological polar surface area (TPSA) is 49.3 Å². The van der Waals surface area contributed by atoms with Gasteiger partial charge in [0, 0.05) is 0 Å². The summed E-state index contributed by atoms with van der Waals surface area (Å²) in [5.74, 6) is -1.49. The summed E-state index contributed by atoms with van der Waals surface area (Å²) in [7, 11) is 0. The largest absolute Gasteiger partial charge is 0.480 e. The van der Waals surface area contributed by atoms with E-state index in [9.17, 15) is 9.18 Å². The van der Waals surface area contributed by atoms with E-state index in [1.807, 2.05) is 0 Å². The van der Waals surface area contributed by atoms with Crippen molar-refractivity contribution < 1.29 is 14.3 Å². The number of carboxylic acid groups (broad SMARTS) is 1. The van der Waals surface area contributed by atoms with E-state index >= 15 is 0 Å². The van der Waals surface area contributed by atoms with Crippen LogP contribution in [0.2, 0.25) is 5.02 Å². The zero-order valence-electron chi connectivity index (χ0n) is 6.55. The second-order valence-corrected chi connectivity index (χ2v) is 2.78. The molecule has 0 aromatic heterocycles.